The highest BCUT2D eigenvalue weighted by Crippen LogP contribution is 2.31. The molecule has 5 aromatic rings. The van der Waals surface area contributed by atoms with Crippen LogP contribution in [0.15, 0.2) is 76.1 Å². The Kier molecular flexibility index (Phi) is 7.08. The Morgan fingerprint density at radius 3 is 2.69 bits per heavy atom. The molecule has 4 heterocycles. The Hall–Kier alpha value is -4.08. The second-order valence-electron chi connectivity index (χ2n) is 10.3. The zero-order valence-electron chi connectivity index (χ0n) is 22.2. The van der Waals surface area contributed by atoms with Crippen LogP contribution in [0.1, 0.15) is 52.7 Å². The number of H-pyrrole nitrogens is 1. The Balaban J connectivity index is 1.51. The van der Waals surface area contributed by atoms with Gasteiger partial charge in [0.25, 0.3) is 5.56 Å². The number of furan rings is 1. The summed E-state index contributed by atoms with van der Waals surface area (Å²) in [7, 11) is 0. The van der Waals surface area contributed by atoms with Crippen LogP contribution in [0.5, 0.6) is 0 Å². The summed E-state index contributed by atoms with van der Waals surface area (Å²) in [6, 6.07) is 19.6. The molecule has 0 amide bonds. The van der Waals surface area contributed by atoms with Crippen molar-refractivity contribution < 1.29 is 9.15 Å². The van der Waals surface area contributed by atoms with Gasteiger partial charge in [-0.1, -0.05) is 30.3 Å². The molecule has 1 aliphatic heterocycles. The van der Waals surface area contributed by atoms with Crippen molar-refractivity contribution >= 4 is 10.9 Å². The normalized spacial score (nSPS) is 16.3. The van der Waals surface area contributed by atoms with Gasteiger partial charge in [0.1, 0.15) is 11.8 Å². The molecule has 2 atom stereocenters. The molecule has 9 heteroatoms. The van der Waals surface area contributed by atoms with Crippen molar-refractivity contribution in [3.63, 3.8) is 0 Å². The van der Waals surface area contributed by atoms with Gasteiger partial charge in [-0.2, -0.15) is 0 Å². The standard InChI is InChI=1S/C30H32N6O3/c1-20-14-23-16-26(30(37)31-27(23)15-21(20)2)28(29-32-33-34-36(29)19-25-11-7-13-39-25)35(18-24-10-6-12-38-24)17-22-8-4-3-5-9-22/h3-6,8-10,12,14-16,25,28H,7,11,13,17-19H2,1-2H3,(H,31,37). The van der Waals surface area contributed by atoms with Gasteiger partial charge in [-0.25, -0.2) is 4.68 Å². The summed E-state index contributed by atoms with van der Waals surface area (Å²) in [4.78, 5) is 19.1. The monoisotopic (exact) mass is 524 g/mol. The summed E-state index contributed by atoms with van der Waals surface area (Å²) in [5.74, 6) is 1.39. The molecule has 0 spiro atoms. The maximum absolute atomic E-state index is 13.8. The van der Waals surface area contributed by atoms with Gasteiger partial charge in [-0.3, -0.25) is 9.69 Å². The summed E-state index contributed by atoms with van der Waals surface area (Å²) in [5.41, 5.74) is 4.63. The first-order valence-electron chi connectivity index (χ1n) is 13.4. The van der Waals surface area contributed by atoms with Crippen LogP contribution in [0.4, 0.5) is 0 Å². The minimum Gasteiger partial charge on any atom is -0.468 e. The van der Waals surface area contributed by atoms with E-state index in [1.807, 2.05) is 49.4 Å². The Bertz CT molecular complexity index is 1600. The molecule has 200 valence electrons. The lowest BCUT2D eigenvalue weighted by molar-refractivity contribution is 0.0901. The molecule has 0 bridgehead atoms. The van der Waals surface area contributed by atoms with E-state index in [1.54, 1.807) is 10.9 Å². The minimum absolute atomic E-state index is 0.0426. The van der Waals surface area contributed by atoms with Crippen LogP contribution in [-0.2, 0) is 24.4 Å². The third-order valence-electron chi connectivity index (χ3n) is 7.52. The summed E-state index contributed by atoms with van der Waals surface area (Å²) in [6.07, 6.45) is 3.69. The Morgan fingerprint density at radius 1 is 1.08 bits per heavy atom. The first kappa shape index (κ1) is 25.2. The average molecular weight is 525 g/mol. The van der Waals surface area contributed by atoms with Crippen LogP contribution >= 0.6 is 0 Å². The number of pyridine rings is 1. The van der Waals surface area contributed by atoms with Crippen molar-refractivity contribution in [2.24, 2.45) is 0 Å². The van der Waals surface area contributed by atoms with Gasteiger partial charge >= 0.3 is 0 Å². The van der Waals surface area contributed by atoms with Crippen molar-refractivity contribution in [3.05, 3.63) is 111 Å². The number of benzene rings is 2. The number of fused-ring (bicyclic) bond motifs is 1. The lowest BCUT2D eigenvalue weighted by Gasteiger charge is -2.30. The van der Waals surface area contributed by atoms with Crippen molar-refractivity contribution in [2.75, 3.05) is 6.61 Å². The van der Waals surface area contributed by atoms with Gasteiger partial charge < -0.3 is 14.1 Å². The molecular formula is C30H32N6O3. The van der Waals surface area contributed by atoms with Crippen LogP contribution in [0.3, 0.4) is 0 Å². The SMILES string of the molecule is Cc1cc2cc(C(c3nnnn3CC3CCCO3)N(Cc3ccccc3)Cc3ccco3)c(=O)[nH]c2cc1C. The number of aryl methyl sites for hydroxylation is 2. The van der Waals surface area contributed by atoms with Gasteiger partial charge in [0.2, 0.25) is 0 Å². The van der Waals surface area contributed by atoms with Crippen molar-refractivity contribution in [1.82, 2.24) is 30.1 Å². The number of aromatic amines is 1. The second-order valence-corrected chi connectivity index (χ2v) is 10.3. The molecule has 3 aromatic heterocycles. The molecule has 0 saturated carbocycles. The van der Waals surface area contributed by atoms with E-state index < -0.39 is 6.04 Å². The van der Waals surface area contributed by atoms with E-state index in [9.17, 15) is 4.79 Å². The van der Waals surface area contributed by atoms with Crippen molar-refractivity contribution in [3.8, 4) is 0 Å². The quantitative estimate of drug-likeness (QED) is 0.298. The fourth-order valence-electron chi connectivity index (χ4n) is 5.37. The smallest absolute Gasteiger partial charge is 0.253 e. The lowest BCUT2D eigenvalue weighted by Crippen LogP contribution is -2.35. The molecule has 1 fully saturated rings. The topological polar surface area (TPSA) is 102 Å². The first-order chi connectivity index (χ1) is 19.0. The molecule has 9 nitrogen and oxygen atoms in total. The third kappa shape index (κ3) is 5.41. The zero-order chi connectivity index (χ0) is 26.8. The predicted octanol–water partition coefficient (Wildman–Crippen LogP) is 4.70. The second kappa shape index (κ2) is 11.0. The number of tetrazole rings is 1. The summed E-state index contributed by atoms with van der Waals surface area (Å²) in [6.45, 7) is 6.43. The number of aromatic nitrogens is 5. The van der Waals surface area contributed by atoms with Gasteiger partial charge in [-0.15, -0.1) is 5.10 Å². The molecule has 1 aliphatic rings. The molecule has 1 N–H and O–H groups in total. The van der Waals surface area contributed by atoms with Crippen LogP contribution in [-0.4, -0.2) is 42.8 Å². The third-order valence-corrected chi connectivity index (χ3v) is 7.52. The first-order valence-corrected chi connectivity index (χ1v) is 13.4. The van der Waals surface area contributed by atoms with Gasteiger partial charge in [0.05, 0.1) is 25.5 Å². The number of nitrogens with one attached hydrogen (secondary N) is 1. The van der Waals surface area contributed by atoms with E-state index in [0.717, 1.165) is 52.8 Å². The molecule has 2 aromatic carbocycles. The highest BCUT2D eigenvalue weighted by Gasteiger charge is 2.32. The van der Waals surface area contributed by atoms with E-state index in [-0.39, 0.29) is 11.7 Å². The van der Waals surface area contributed by atoms with Gasteiger partial charge in [0, 0.05) is 24.2 Å². The number of hydrogen-bond donors (Lipinski definition) is 1. The van der Waals surface area contributed by atoms with Crippen LogP contribution in [0.2, 0.25) is 0 Å². The fourth-order valence-corrected chi connectivity index (χ4v) is 5.37. The molecule has 39 heavy (non-hydrogen) atoms. The van der Waals surface area contributed by atoms with E-state index in [4.69, 9.17) is 9.15 Å². The van der Waals surface area contributed by atoms with Crippen LogP contribution < -0.4 is 5.56 Å². The number of hydrogen-bond acceptors (Lipinski definition) is 7. The molecule has 6 rings (SSSR count). The highest BCUT2D eigenvalue weighted by atomic mass is 16.5. The van der Waals surface area contributed by atoms with E-state index in [1.165, 1.54) is 0 Å². The lowest BCUT2D eigenvalue weighted by atomic mass is 10.00. The minimum atomic E-state index is -0.540. The zero-order valence-corrected chi connectivity index (χ0v) is 22.2. The molecule has 1 saturated heterocycles. The Labute approximate surface area is 226 Å². The molecule has 0 radical (unpaired) electrons. The predicted molar refractivity (Wildman–Crippen MR) is 147 cm³/mol. The largest absolute Gasteiger partial charge is 0.468 e. The fraction of sp³-hybridized carbons (Fsp3) is 0.333. The molecule has 2 unspecified atom stereocenters. The number of ether oxygens (including phenoxy) is 1. The van der Waals surface area contributed by atoms with Gasteiger partial charge in [0.15, 0.2) is 5.82 Å². The maximum Gasteiger partial charge on any atom is 0.253 e. The van der Waals surface area contributed by atoms with E-state index in [2.05, 4.69) is 50.5 Å². The van der Waals surface area contributed by atoms with Crippen molar-refractivity contribution in [2.45, 2.75) is 58.5 Å². The summed E-state index contributed by atoms with van der Waals surface area (Å²) < 4.78 is 13.5. The van der Waals surface area contributed by atoms with E-state index >= 15 is 0 Å². The summed E-state index contributed by atoms with van der Waals surface area (Å²) in [5, 5.41) is 13.9. The number of nitrogens with zero attached hydrogens (tertiary/aromatic N) is 5. The van der Waals surface area contributed by atoms with E-state index in [0.29, 0.717) is 31.0 Å². The molecular weight excluding hydrogens is 492 g/mol. The highest BCUT2D eigenvalue weighted by molar-refractivity contribution is 5.81. The van der Waals surface area contributed by atoms with Crippen LogP contribution in [0.25, 0.3) is 10.9 Å². The van der Waals surface area contributed by atoms with Crippen LogP contribution in [0, 0.1) is 13.8 Å². The van der Waals surface area contributed by atoms with Gasteiger partial charge in [-0.05, 0) is 89.5 Å². The average Bonchev–Trinajstić information content (AvgIpc) is 3.71. The summed E-state index contributed by atoms with van der Waals surface area (Å²) >= 11 is 0. The molecule has 0 aliphatic carbocycles. The maximum atomic E-state index is 13.8. The Morgan fingerprint density at radius 2 is 1.92 bits per heavy atom. The number of rotatable bonds is 9. The van der Waals surface area contributed by atoms with Crippen molar-refractivity contribution in [1.29, 1.82) is 0 Å².